The number of aryl methyl sites for hydroxylation is 1. The molecular formula is C19H14F6N4OS2. The molecule has 0 spiro atoms. The third-order valence-corrected chi connectivity index (χ3v) is 5.88. The molecule has 2 aromatic carbocycles. The highest BCUT2D eigenvalue weighted by Crippen LogP contribution is 2.37. The van der Waals surface area contributed by atoms with Crippen molar-refractivity contribution in [2.24, 2.45) is 0 Å². The Bertz CT molecular complexity index is 1060. The first-order valence-electron chi connectivity index (χ1n) is 8.79. The van der Waals surface area contributed by atoms with Crippen LogP contribution in [0.25, 0.3) is 0 Å². The van der Waals surface area contributed by atoms with Gasteiger partial charge in [0.05, 0.1) is 16.9 Å². The number of amides is 1. The standard InChI is InChI=1S/C19H14F6N4OS2/c1-10-2-4-13(5-3-10)27-16-28-29-17(32-16)31-9-15(30)26-14-7-11(18(20,21)22)6-12(8-14)19(23,24)25/h2-8H,9H2,1H3,(H,26,30)(H,27,28). The van der Waals surface area contributed by atoms with Gasteiger partial charge in [0.15, 0.2) is 4.34 Å². The first kappa shape index (κ1) is 23.9. The number of aromatic nitrogens is 2. The lowest BCUT2D eigenvalue weighted by atomic mass is 10.1. The van der Waals surface area contributed by atoms with Gasteiger partial charge in [-0.1, -0.05) is 40.8 Å². The molecule has 0 unspecified atom stereocenters. The van der Waals surface area contributed by atoms with Crippen LogP contribution in [-0.2, 0) is 17.1 Å². The van der Waals surface area contributed by atoms with Crippen molar-refractivity contribution in [1.82, 2.24) is 10.2 Å². The summed E-state index contributed by atoms with van der Waals surface area (Å²) in [6.07, 6.45) is -9.99. The zero-order valence-electron chi connectivity index (χ0n) is 16.1. The molecule has 0 aliphatic heterocycles. The van der Waals surface area contributed by atoms with E-state index in [-0.39, 0.29) is 11.8 Å². The zero-order valence-corrected chi connectivity index (χ0v) is 17.8. The molecule has 1 heterocycles. The largest absolute Gasteiger partial charge is 0.416 e. The molecule has 13 heteroatoms. The number of nitrogens with one attached hydrogen (secondary N) is 2. The van der Waals surface area contributed by atoms with E-state index in [0.29, 0.717) is 21.6 Å². The average molecular weight is 492 g/mol. The van der Waals surface area contributed by atoms with Crippen LogP contribution >= 0.6 is 23.1 Å². The fourth-order valence-corrected chi connectivity index (χ4v) is 4.00. The molecule has 0 radical (unpaired) electrons. The van der Waals surface area contributed by atoms with Gasteiger partial charge in [-0.2, -0.15) is 26.3 Å². The molecule has 170 valence electrons. The minimum absolute atomic E-state index is 0.00573. The summed E-state index contributed by atoms with van der Waals surface area (Å²) in [5.41, 5.74) is -1.75. The van der Waals surface area contributed by atoms with Crippen LogP contribution in [-0.4, -0.2) is 21.9 Å². The summed E-state index contributed by atoms with van der Waals surface area (Å²) in [4.78, 5) is 12.1. The first-order chi connectivity index (χ1) is 14.9. The number of carbonyl (C=O) groups is 1. The summed E-state index contributed by atoms with van der Waals surface area (Å²) in [6.45, 7) is 1.94. The van der Waals surface area contributed by atoms with Gasteiger partial charge < -0.3 is 10.6 Å². The highest BCUT2D eigenvalue weighted by atomic mass is 32.2. The van der Waals surface area contributed by atoms with E-state index in [4.69, 9.17) is 0 Å². The number of anilines is 3. The lowest BCUT2D eigenvalue weighted by Crippen LogP contribution is -2.17. The summed E-state index contributed by atoms with van der Waals surface area (Å²) in [7, 11) is 0. The molecule has 3 aromatic rings. The van der Waals surface area contributed by atoms with Crippen molar-refractivity contribution in [1.29, 1.82) is 0 Å². The summed E-state index contributed by atoms with van der Waals surface area (Å²) < 4.78 is 77.9. The predicted octanol–water partition coefficient (Wildman–Crippen LogP) is 6.36. The number of rotatable bonds is 6. The van der Waals surface area contributed by atoms with Crippen molar-refractivity contribution >= 4 is 45.5 Å². The molecule has 0 aliphatic rings. The minimum Gasteiger partial charge on any atom is -0.330 e. The first-order valence-corrected chi connectivity index (χ1v) is 10.6. The van der Waals surface area contributed by atoms with Gasteiger partial charge >= 0.3 is 12.4 Å². The Morgan fingerprint density at radius 2 is 1.53 bits per heavy atom. The van der Waals surface area contributed by atoms with Crippen LogP contribution in [0.4, 0.5) is 42.8 Å². The van der Waals surface area contributed by atoms with Gasteiger partial charge in [0.1, 0.15) is 0 Å². The fraction of sp³-hybridized carbons (Fsp3) is 0.211. The van der Waals surface area contributed by atoms with Gasteiger partial charge in [-0.25, -0.2) is 0 Å². The van der Waals surface area contributed by atoms with E-state index in [0.717, 1.165) is 34.3 Å². The molecule has 0 atom stereocenters. The number of benzene rings is 2. The monoisotopic (exact) mass is 492 g/mol. The quantitative estimate of drug-likeness (QED) is 0.310. The van der Waals surface area contributed by atoms with Crippen molar-refractivity contribution in [2.75, 3.05) is 16.4 Å². The summed E-state index contributed by atoms with van der Waals surface area (Å²) in [5, 5.41) is 13.4. The predicted molar refractivity (Wildman–Crippen MR) is 110 cm³/mol. The summed E-state index contributed by atoms with van der Waals surface area (Å²) in [6, 6.07) is 8.40. The SMILES string of the molecule is Cc1ccc(Nc2nnc(SCC(=O)Nc3cc(C(F)(F)F)cc(C(F)(F)F)c3)s2)cc1. The number of alkyl halides is 6. The van der Waals surface area contributed by atoms with Crippen molar-refractivity contribution < 1.29 is 31.1 Å². The molecule has 0 bridgehead atoms. The number of carbonyl (C=O) groups excluding carboxylic acids is 1. The normalized spacial score (nSPS) is 12.0. The maximum absolute atomic E-state index is 12.9. The van der Waals surface area contributed by atoms with Gasteiger partial charge in [0.2, 0.25) is 11.0 Å². The van der Waals surface area contributed by atoms with Crippen LogP contribution in [0.2, 0.25) is 0 Å². The fourth-order valence-electron chi connectivity index (χ4n) is 2.43. The molecule has 1 amide bonds. The molecule has 5 nitrogen and oxygen atoms in total. The highest BCUT2D eigenvalue weighted by molar-refractivity contribution is 8.01. The Labute approximate surface area is 186 Å². The maximum Gasteiger partial charge on any atom is 0.416 e. The lowest BCUT2D eigenvalue weighted by molar-refractivity contribution is -0.143. The Hall–Kier alpha value is -2.80. The molecule has 0 saturated heterocycles. The molecule has 0 aliphatic carbocycles. The van der Waals surface area contributed by atoms with Crippen molar-refractivity contribution in [3.05, 3.63) is 59.2 Å². The Morgan fingerprint density at radius 3 is 2.09 bits per heavy atom. The molecular weight excluding hydrogens is 478 g/mol. The average Bonchev–Trinajstić information content (AvgIpc) is 3.14. The molecule has 1 aromatic heterocycles. The maximum atomic E-state index is 12.9. The molecule has 2 N–H and O–H groups in total. The third kappa shape index (κ3) is 6.60. The smallest absolute Gasteiger partial charge is 0.330 e. The van der Waals surface area contributed by atoms with Crippen LogP contribution < -0.4 is 10.6 Å². The van der Waals surface area contributed by atoms with Crippen molar-refractivity contribution in [2.45, 2.75) is 23.6 Å². The van der Waals surface area contributed by atoms with Crippen LogP contribution in [0, 0.1) is 6.92 Å². The number of nitrogens with zero attached hydrogens (tertiary/aromatic N) is 2. The van der Waals surface area contributed by atoms with E-state index >= 15 is 0 Å². The second-order valence-electron chi connectivity index (χ2n) is 6.50. The van der Waals surface area contributed by atoms with E-state index in [1.165, 1.54) is 0 Å². The van der Waals surface area contributed by atoms with Crippen LogP contribution in [0.1, 0.15) is 16.7 Å². The van der Waals surface area contributed by atoms with Crippen molar-refractivity contribution in [3.63, 3.8) is 0 Å². The van der Waals surface area contributed by atoms with E-state index in [9.17, 15) is 31.1 Å². The van der Waals surface area contributed by atoms with Crippen molar-refractivity contribution in [3.8, 4) is 0 Å². The number of halogens is 6. The second kappa shape index (κ2) is 9.36. The van der Waals surface area contributed by atoms with Gasteiger partial charge in [-0.05, 0) is 37.3 Å². The summed E-state index contributed by atoms with van der Waals surface area (Å²) >= 11 is 2.09. The van der Waals surface area contributed by atoms with Crippen LogP contribution in [0.5, 0.6) is 0 Å². The Kier molecular flexibility index (Phi) is 6.98. The molecule has 3 rings (SSSR count). The van der Waals surface area contributed by atoms with E-state index in [1.807, 2.05) is 31.2 Å². The number of hydrogen-bond donors (Lipinski definition) is 2. The number of thioether (sulfide) groups is 1. The van der Waals surface area contributed by atoms with E-state index < -0.39 is 35.1 Å². The molecule has 0 saturated carbocycles. The molecule has 0 fully saturated rings. The van der Waals surface area contributed by atoms with E-state index in [2.05, 4.69) is 20.8 Å². The Balaban J connectivity index is 1.62. The van der Waals surface area contributed by atoms with E-state index in [1.54, 1.807) is 0 Å². The molecule has 32 heavy (non-hydrogen) atoms. The minimum atomic E-state index is -5.00. The second-order valence-corrected chi connectivity index (χ2v) is 8.70. The van der Waals surface area contributed by atoms with Crippen LogP contribution in [0.3, 0.4) is 0 Å². The lowest BCUT2D eigenvalue weighted by Gasteiger charge is -2.14. The summed E-state index contributed by atoms with van der Waals surface area (Å²) in [5.74, 6) is -1.07. The zero-order chi connectivity index (χ0) is 23.5. The number of hydrogen-bond acceptors (Lipinski definition) is 6. The topological polar surface area (TPSA) is 66.9 Å². The van der Waals surface area contributed by atoms with Gasteiger partial charge in [0.25, 0.3) is 0 Å². The van der Waals surface area contributed by atoms with Gasteiger partial charge in [-0.3, -0.25) is 4.79 Å². The van der Waals surface area contributed by atoms with Gasteiger partial charge in [-0.15, -0.1) is 10.2 Å². The Morgan fingerprint density at radius 1 is 0.938 bits per heavy atom. The van der Waals surface area contributed by atoms with Gasteiger partial charge in [0, 0.05) is 11.4 Å². The highest BCUT2D eigenvalue weighted by Gasteiger charge is 2.37. The third-order valence-electron chi connectivity index (χ3n) is 3.91. The van der Waals surface area contributed by atoms with Crippen LogP contribution in [0.15, 0.2) is 46.8 Å².